The van der Waals surface area contributed by atoms with Gasteiger partial charge in [0.1, 0.15) is 11.8 Å². The monoisotopic (exact) mass is 479 g/mol. The highest BCUT2D eigenvalue weighted by molar-refractivity contribution is 7.98. The number of sulfonamides is 1. The van der Waals surface area contributed by atoms with Crippen LogP contribution in [0.3, 0.4) is 0 Å². The van der Waals surface area contributed by atoms with Crippen LogP contribution in [0.2, 0.25) is 0 Å². The lowest BCUT2D eigenvalue weighted by molar-refractivity contribution is -0.117. The van der Waals surface area contributed by atoms with Crippen LogP contribution in [0.15, 0.2) is 56.6 Å². The first kappa shape index (κ1) is 23.9. The number of anilines is 1. The molecule has 3 aromatic rings. The summed E-state index contributed by atoms with van der Waals surface area (Å²) >= 11 is 1.50. The molecule has 1 atom stereocenters. The Labute approximate surface area is 190 Å². The van der Waals surface area contributed by atoms with Gasteiger partial charge in [-0.25, -0.2) is 13.2 Å². The summed E-state index contributed by atoms with van der Waals surface area (Å²) in [6.07, 6.45) is 2.16. The van der Waals surface area contributed by atoms with Crippen LogP contribution in [-0.4, -0.2) is 43.5 Å². The summed E-state index contributed by atoms with van der Waals surface area (Å²) in [4.78, 5) is 24.6. The smallest absolute Gasteiger partial charge is 0.419 e. The molecule has 0 radical (unpaired) electrons. The molecule has 2 N–H and O–H groups in total. The molecule has 3 rings (SSSR count). The number of para-hydroxylation sites is 2. The fraction of sp³-hybridized carbons (Fsp3) is 0.333. The van der Waals surface area contributed by atoms with Crippen LogP contribution >= 0.6 is 11.8 Å². The Kier molecular flexibility index (Phi) is 7.64. The van der Waals surface area contributed by atoms with Gasteiger partial charge >= 0.3 is 5.76 Å². The van der Waals surface area contributed by atoms with Gasteiger partial charge in [0.2, 0.25) is 15.9 Å². The molecular weight excluding hydrogens is 454 g/mol. The van der Waals surface area contributed by atoms with Gasteiger partial charge in [0, 0.05) is 13.1 Å². The van der Waals surface area contributed by atoms with E-state index in [1.165, 1.54) is 41.6 Å². The molecule has 1 unspecified atom stereocenters. The van der Waals surface area contributed by atoms with E-state index >= 15 is 0 Å². The second-order valence-corrected chi connectivity index (χ2v) is 9.63. The van der Waals surface area contributed by atoms with E-state index in [1.54, 1.807) is 24.3 Å². The molecule has 0 saturated carbocycles. The first-order valence-electron chi connectivity index (χ1n) is 9.90. The molecule has 0 saturated heterocycles. The highest BCUT2D eigenvalue weighted by Crippen LogP contribution is 2.24. The lowest BCUT2D eigenvalue weighted by Gasteiger charge is -2.19. The number of nitrogens with zero attached hydrogens (tertiary/aromatic N) is 1. The molecular formula is C21H25N3O6S2. The maximum atomic E-state index is 13.0. The molecule has 0 aliphatic carbocycles. The first-order chi connectivity index (χ1) is 15.3. The second kappa shape index (κ2) is 10.2. The lowest BCUT2D eigenvalue weighted by atomic mass is 10.2. The van der Waals surface area contributed by atoms with Gasteiger partial charge in [-0.3, -0.25) is 9.36 Å². The van der Waals surface area contributed by atoms with Gasteiger partial charge in [-0.05, 0) is 49.6 Å². The van der Waals surface area contributed by atoms with E-state index in [0.29, 0.717) is 29.3 Å². The lowest BCUT2D eigenvalue weighted by Crippen LogP contribution is -2.44. The van der Waals surface area contributed by atoms with Gasteiger partial charge in [-0.15, -0.1) is 0 Å². The van der Waals surface area contributed by atoms with Gasteiger partial charge in [-0.2, -0.15) is 16.5 Å². The van der Waals surface area contributed by atoms with Gasteiger partial charge in [-0.1, -0.05) is 12.1 Å². The fourth-order valence-corrected chi connectivity index (χ4v) is 4.80. The molecule has 1 amide bonds. The third-order valence-corrected chi connectivity index (χ3v) is 6.86. The predicted molar refractivity (Wildman–Crippen MR) is 125 cm³/mol. The zero-order valence-electron chi connectivity index (χ0n) is 18.0. The summed E-state index contributed by atoms with van der Waals surface area (Å²) in [5, 5.41) is 2.76. The quantitative estimate of drug-likeness (QED) is 0.459. The summed E-state index contributed by atoms with van der Waals surface area (Å²) in [6, 6.07) is 10.1. The van der Waals surface area contributed by atoms with E-state index in [0.717, 1.165) is 0 Å². The number of nitrogens with one attached hydrogen (secondary N) is 2. The van der Waals surface area contributed by atoms with Gasteiger partial charge in [0.05, 0.1) is 22.7 Å². The van der Waals surface area contributed by atoms with Crippen molar-refractivity contribution in [3.63, 3.8) is 0 Å². The van der Waals surface area contributed by atoms with Crippen LogP contribution in [0.5, 0.6) is 5.75 Å². The number of carbonyl (C=O) groups is 1. The van der Waals surface area contributed by atoms with Crippen LogP contribution in [-0.2, 0) is 21.9 Å². The molecule has 11 heteroatoms. The summed E-state index contributed by atoms with van der Waals surface area (Å²) in [5.74, 6) is -0.0190. The van der Waals surface area contributed by atoms with E-state index in [2.05, 4.69) is 10.0 Å². The number of rotatable bonds is 10. The molecule has 0 aliphatic heterocycles. The minimum atomic E-state index is -4.07. The van der Waals surface area contributed by atoms with Gasteiger partial charge in [0.15, 0.2) is 5.58 Å². The van der Waals surface area contributed by atoms with Gasteiger partial charge in [0.25, 0.3) is 0 Å². The topological polar surface area (TPSA) is 120 Å². The molecule has 0 fully saturated rings. The summed E-state index contributed by atoms with van der Waals surface area (Å²) in [7, 11) is -2.53. The maximum Gasteiger partial charge on any atom is 0.419 e. The first-order valence-corrected chi connectivity index (χ1v) is 12.8. The Balaban J connectivity index is 1.85. The van der Waals surface area contributed by atoms with E-state index in [4.69, 9.17) is 9.15 Å². The number of ether oxygens (including phenoxy) is 1. The minimum Gasteiger partial charge on any atom is -0.492 e. The van der Waals surface area contributed by atoms with Crippen molar-refractivity contribution < 1.29 is 22.4 Å². The highest BCUT2D eigenvalue weighted by atomic mass is 32.2. The second-order valence-electron chi connectivity index (χ2n) is 6.93. The van der Waals surface area contributed by atoms with Crippen molar-refractivity contribution in [2.45, 2.75) is 24.3 Å². The van der Waals surface area contributed by atoms with Crippen LogP contribution in [0.4, 0.5) is 5.69 Å². The molecule has 0 spiro atoms. The number of fused-ring (bicyclic) bond motifs is 1. The van der Waals surface area contributed by atoms with Crippen molar-refractivity contribution in [1.82, 2.24) is 9.29 Å². The highest BCUT2D eigenvalue weighted by Gasteiger charge is 2.27. The standard InChI is InChI=1S/C21H25N3O6S2/c1-4-29-18-8-6-5-7-15(18)22-20(25)16(11-12-31-3)23-32(27,28)14-9-10-17-19(13-14)30-21(26)24(17)2/h5-10,13,16,23H,4,11-12H2,1-3H3,(H,22,25). The van der Waals surface area contributed by atoms with Crippen molar-refractivity contribution in [2.75, 3.05) is 23.9 Å². The Hall–Kier alpha value is -2.76. The summed E-state index contributed by atoms with van der Waals surface area (Å²) in [5.41, 5.74) is 1.08. The molecule has 172 valence electrons. The Morgan fingerprint density at radius 2 is 2.00 bits per heavy atom. The van der Waals surface area contributed by atoms with Crippen molar-refractivity contribution in [1.29, 1.82) is 0 Å². The molecule has 1 heterocycles. The number of aryl methyl sites for hydroxylation is 1. The summed E-state index contributed by atoms with van der Waals surface area (Å²) in [6.45, 7) is 2.26. The number of amides is 1. The van der Waals surface area contributed by atoms with Crippen LogP contribution in [0.1, 0.15) is 13.3 Å². The number of aromatic nitrogens is 1. The third kappa shape index (κ3) is 5.34. The van der Waals surface area contributed by atoms with Crippen molar-refractivity contribution >= 4 is 44.5 Å². The Morgan fingerprint density at radius 3 is 2.72 bits per heavy atom. The van der Waals surface area contributed by atoms with Crippen molar-refractivity contribution in [2.24, 2.45) is 7.05 Å². The van der Waals surface area contributed by atoms with Gasteiger partial charge < -0.3 is 14.5 Å². The van der Waals surface area contributed by atoms with E-state index < -0.39 is 27.7 Å². The Morgan fingerprint density at radius 1 is 1.25 bits per heavy atom. The van der Waals surface area contributed by atoms with E-state index in [-0.39, 0.29) is 16.9 Å². The zero-order valence-corrected chi connectivity index (χ0v) is 19.6. The van der Waals surface area contributed by atoms with Crippen LogP contribution in [0.25, 0.3) is 11.1 Å². The number of oxazole rings is 1. The van der Waals surface area contributed by atoms with E-state index in [9.17, 15) is 18.0 Å². The number of hydrogen-bond acceptors (Lipinski definition) is 7. The van der Waals surface area contributed by atoms with Crippen molar-refractivity contribution in [3.8, 4) is 5.75 Å². The molecule has 32 heavy (non-hydrogen) atoms. The van der Waals surface area contributed by atoms with E-state index in [1.807, 2.05) is 13.2 Å². The van der Waals surface area contributed by atoms with Crippen LogP contribution in [0, 0.1) is 0 Å². The number of benzene rings is 2. The maximum absolute atomic E-state index is 13.0. The molecule has 2 aromatic carbocycles. The Bertz CT molecular complexity index is 1270. The minimum absolute atomic E-state index is 0.101. The fourth-order valence-electron chi connectivity index (χ4n) is 3.09. The zero-order chi connectivity index (χ0) is 23.3. The largest absolute Gasteiger partial charge is 0.492 e. The summed E-state index contributed by atoms with van der Waals surface area (Å²) < 4.78 is 40.4. The number of hydrogen-bond donors (Lipinski definition) is 2. The SMILES string of the molecule is CCOc1ccccc1NC(=O)C(CCSC)NS(=O)(=O)c1ccc2c(c1)oc(=O)n2C. The average Bonchev–Trinajstić information content (AvgIpc) is 3.05. The predicted octanol–water partition coefficient (Wildman–Crippen LogP) is 2.57. The van der Waals surface area contributed by atoms with Crippen LogP contribution < -0.4 is 20.5 Å². The molecule has 1 aromatic heterocycles. The normalized spacial score (nSPS) is 12.6. The number of carbonyl (C=O) groups excluding carboxylic acids is 1. The average molecular weight is 480 g/mol. The molecule has 0 bridgehead atoms. The molecule has 9 nitrogen and oxygen atoms in total. The van der Waals surface area contributed by atoms with Crippen molar-refractivity contribution in [3.05, 3.63) is 53.0 Å². The molecule has 0 aliphatic rings. The number of thioether (sulfide) groups is 1. The third-order valence-electron chi connectivity index (χ3n) is 4.74.